The fraction of sp³-hybridized carbons (Fsp3) is 0.125. The molecule has 0 fully saturated rings. The van der Waals surface area contributed by atoms with Gasteiger partial charge in [0.15, 0.2) is 0 Å². The van der Waals surface area contributed by atoms with Gasteiger partial charge in [0.25, 0.3) is 0 Å². The van der Waals surface area contributed by atoms with Gasteiger partial charge in [-0.25, -0.2) is 4.79 Å². The maximum atomic E-state index is 11.7. The zero-order valence-corrected chi connectivity index (χ0v) is 11.8. The number of benzene rings is 2. The summed E-state index contributed by atoms with van der Waals surface area (Å²) >= 11 is 5.93. The minimum atomic E-state index is -0.456. The van der Waals surface area contributed by atoms with Crippen LogP contribution in [0, 0.1) is 11.3 Å². The Bertz CT molecular complexity index is 662. The number of ether oxygens (including phenoxy) is 2. The number of carbonyl (C=O) groups is 1. The summed E-state index contributed by atoms with van der Waals surface area (Å²) in [6, 6.07) is 15.3. The van der Waals surface area contributed by atoms with Gasteiger partial charge in [0.1, 0.15) is 19.0 Å². The summed E-state index contributed by atoms with van der Waals surface area (Å²) < 4.78 is 10.5. The van der Waals surface area contributed by atoms with Crippen molar-refractivity contribution in [1.29, 1.82) is 5.26 Å². The van der Waals surface area contributed by atoms with Crippen molar-refractivity contribution in [3.05, 3.63) is 64.7 Å². The Balaban J connectivity index is 1.79. The number of rotatable bonds is 5. The SMILES string of the molecule is N#Cc1ccc(C(=O)OCCOc2ccccc2Cl)cc1. The van der Waals surface area contributed by atoms with Crippen LogP contribution in [-0.2, 0) is 4.74 Å². The van der Waals surface area contributed by atoms with E-state index in [0.29, 0.717) is 21.9 Å². The maximum absolute atomic E-state index is 11.7. The van der Waals surface area contributed by atoms with Gasteiger partial charge in [-0.1, -0.05) is 23.7 Å². The Morgan fingerprint density at radius 2 is 1.81 bits per heavy atom. The molecule has 0 aliphatic rings. The van der Waals surface area contributed by atoms with E-state index < -0.39 is 5.97 Å². The molecule has 2 aromatic carbocycles. The van der Waals surface area contributed by atoms with Crippen LogP contribution in [0.4, 0.5) is 0 Å². The standard InChI is InChI=1S/C16H12ClNO3/c17-14-3-1-2-4-15(14)20-9-10-21-16(19)13-7-5-12(11-18)6-8-13/h1-8H,9-10H2. The molecule has 2 rings (SSSR count). The van der Waals surface area contributed by atoms with E-state index in [4.69, 9.17) is 26.3 Å². The van der Waals surface area contributed by atoms with Gasteiger partial charge >= 0.3 is 5.97 Å². The van der Waals surface area contributed by atoms with E-state index in [2.05, 4.69) is 0 Å². The second-order valence-electron chi connectivity index (χ2n) is 4.10. The molecule has 2 aromatic rings. The van der Waals surface area contributed by atoms with E-state index in [0.717, 1.165) is 0 Å². The third-order valence-electron chi connectivity index (χ3n) is 2.66. The van der Waals surface area contributed by atoms with Crippen molar-refractivity contribution < 1.29 is 14.3 Å². The molecular weight excluding hydrogens is 290 g/mol. The first-order valence-electron chi connectivity index (χ1n) is 6.25. The molecule has 0 N–H and O–H groups in total. The fourth-order valence-electron chi connectivity index (χ4n) is 1.61. The molecule has 0 amide bonds. The lowest BCUT2D eigenvalue weighted by atomic mass is 10.1. The van der Waals surface area contributed by atoms with Gasteiger partial charge in [-0.15, -0.1) is 0 Å². The molecule has 0 aliphatic heterocycles. The molecule has 0 aliphatic carbocycles. The third-order valence-corrected chi connectivity index (χ3v) is 2.97. The first kappa shape index (κ1) is 14.9. The van der Waals surface area contributed by atoms with Gasteiger partial charge in [-0.05, 0) is 36.4 Å². The monoisotopic (exact) mass is 301 g/mol. The zero-order chi connectivity index (χ0) is 15.1. The highest BCUT2D eigenvalue weighted by atomic mass is 35.5. The molecule has 0 spiro atoms. The van der Waals surface area contributed by atoms with Gasteiger partial charge in [-0.3, -0.25) is 0 Å². The molecule has 0 bridgehead atoms. The topological polar surface area (TPSA) is 59.3 Å². The number of nitriles is 1. The normalized spacial score (nSPS) is 9.71. The van der Waals surface area contributed by atoms with Crippen LogP contribution in [0.25, 0.3) is 0 Å². The van der Waals surface area contributed by atoms with Crippen LogP contribution in [-0.4, -0.2) is 19.2 Å². The first-order valence-corrected chi connectivity index (χ1v) is 6.63. The summed E-state index contributed by atoms with van der Waals surface area (Å²) in [4.78, 5) is 11.7. The lowest BCUT2D eigenvalue weighted by Crippen LogP contribution is -2.12. The van der Waals surface area contributed by atoms with E-state index in [1.165, 1.54) is 0 Å². The predicted molar refractivity (Wildman–Crippen MR) is 78.4 cm³/mol. The van der Waals surface area contributed by atoms with Crippen molar-refractivity contribution in [2.24, 2.45) is 0 Å². The number of esters is 1. The Morgan fingerprint density at radius 1 is 1.10 bits per heavy atom. The Kier molecular flexibility index (Phi) is 5.19. The predicted octanol–water partition coefficient (Wildman–Crippen LogP) is 3.45. The van der Waals surface area contributed by atoms with E-state index in [1.807, 2.05) is 12.1 Å². The van der Waals surface area contributed by atoms with Crippen molar-refractivity contribution in [3.8, 4) is 11.8 Å². The first-order chi connectivity index (χ1) is 10.2. The van der Waals surface area contributed by atoms with Crippen molar-refractivity contribution in [2.45, 2.75) is 0 Å². The molecule has 106 valence electrons. The van der Waals surface area contributed by atoms with Crippen molar-refractivity contribution in [2.75, 3.05) is 13.2 Å². The highest BCUT2D eigenvalue weighted by Gasteiger charge is 2.07. The Hall–Kier alpha value is -2.51. The summed E-state index contributed by atoms with van der Waals surface area (Å²) in [6.07, 6.45) is 0. The van der Waals surface area contributed by atoms with Gasteiger partial charge in [0.2, 0.25) is 0 Å². The zero-order valence-electron chi connectivity index (χ0n) is 11.1. The molecule has 0 heterocycles. The number of para-hydroxylation sites is 1. The second-order valence-corrected chi connectivity index (χ2v) is 4.51. The minimum Gasteiger partial charge on any atom is -0.488 e. The quantitative estimate of drug-likeness (QED) is 0.627. The molecule has 21 heavy (non-hydrogen) atoms. The van der Waals surface area contributed by atoms with E-state index in [-0.39, 0.29) is 13.2 Å². The summed E-state index contributed by atoms with van der Waals surface area (Å²) in [6.45, 7) is 0.329. The molecule has 0 aromatic heterocycles. The smallest absolute Gasteiger partial charge is 0.338 e. The van der Waals surface area contributed by atoms with Crippen LogP contribution in [0.1, 0.15) is 15.9 Å². The summed E-state index contributed by atoms with van der Waals surface area (Å²) in [5.74, 6) is 0.0934. The van der Waals surface area contributed by atoms with Gasteiger partial charge in [-0.2, -0.15) is 5.26 Å². The number of hydrogen-bond donors (Lipinski definition) is 0. The van der Waals surface area contributed by atoms with Crippen LogP contribution in [0.2, 0.25) is 5.02 Å². The summed E-state index contributed by atoms with van der Waals surface area (Å²) in [5.41, 5.74) is 0.889. The lowest BCUT2D eigenvalue weighted by Gasteiger charge is -2.08. The maximum Gasteiger partial charge on any atom is 0.338 e. The number of nitrogens with zero attached hydrogens (tertiary/aromatic N) is 1. The Morgan fingerprint density at radius 3 is 2.48 bits per heavy atom. The molecule has 0 saturated carbocycles. The molecule has 5 heteroatoms. The molecular formula is C16H12ClNO3. The van der Waals surface area contributed by atoms with Gasteiger partial charge in [0, 0.05) is 0 Å². The van der Waals surface area contributed by atoms with Crippen molar-refractivity contribution in [3.63, 3.8) is 0 Å². The average Bonchev–Trinajstić information content (AvgIpc) is 2.53. The van der Waals surface area contributed by atoms with Crippen LogP contribution in [0.5, 0.6) is 5.75 Å². The van der Waals surface area contributed by atoms with Crippen molar-refractivity contribution >= 4 is 17.6 Å². The fourth-order valence-corrected chi connectivity index (χ4v) is 1.80. The minimum absolute atomic E-state index is 0.115. The van der Waals surface area contributed by atoms with Crippen LogP contribution in [0.3, 0.4) is 0 Å². The number of carbonyl (C=O) groups excluding carboxylic acids is 1. The molecule has 0 unspecified atom stereocenters. The van der Waals surface area contributed by atoms with E-state index in [1.54, 1.807) is 42.5 Å². The summed E-state index contributed by atoms with van der Waals surface area (Å²) in [7, 11) is 0. The average molecular weight is 302 g/mol. The lowest BCUT2D eigenvalue weighted by molar-refractivity contribution is 0.0450. The largest absolute Gasteiger partial charge is 0.488 e. The number of halogens is 1. The summed E-state index contributed by atoms with van der Waals surface area (Å²) in [5, 5.41) is 9.19. The number of hydrogen-bond acceptors (Lipinski definition) is 4. The highest BCUT2D eigenvalue weighted by Crippen LogP contribution is 2.22. The van der Waals surface area contributed by atoms with Gasteiger partial charge in [0.05, 0.1) is 22.2 Å². The van der Waals surface area contributed by atoms with Gasteiger partial charge < -0.3 is 9.47 Å². The van der Waals surface area contributed by atoms with Crippen molar-refractivity contribution in [1.82, 2.24) is 0 Å². The molecule has 0 saturated heterocycles. The second kappa shape index (κ2) is 7.32. The van der Waals surface area contributed by atoms with E-state index in [9.17, 15) is 4.79 Å². The molecule has 0 atom stereocenters. The van der Waals surface area contributed by atoms with Crippen LogP contribution in [0.15, 0.2) is 48.5 Å². The van der Waals surface area contributed by atoms with Crippen LogP contribution >= 0.6 is 11.6 Å². The van der Waals surface area contributed by atoms with Crippen LogP contribution < -0.4 is 4.74 Å². The molecule has 4 nitrogen and oxygen atoms in total. The third kappa shape index (κ3) is 4.23. The highest BCUT2D eigenvalue weighted by molar-refractivity contribution is 6.32. The van der Waals surface area contributed by atoms with E-state index >= 15 is 0 Å². The molecule has 0 radical (unpaired) electrons. The Labute approximate surface area is 127 Å².